The predicted octanol–water partition coefficient (Wildman–Crippen LogP) is 2.37. The van der Waals surface area contributed by atoms with E-state index in [4.69, 9.17) is 4.74 Å². The number of methoxy groups -OCH3 is 1. The fourth-order valence-electron chi connectivity index (χ4n) is 3.50. The highest BCUT2D eigenvalue weighted by Gasteiger charge is 2.33. The molecule has 1 heterocycles. The maximum atomic E-state index is 5.26. The summed E-state index contributed by atoms with van der Waals surface area (Å²) in [6.07, 6.45) is 8.16. The van der Waals surface area contributed by atoms with Crippen LogP contribution < -0.4 is 5.32 Å². The van der Waals surface area contributed by atoms with Crippen LogP contribution in [0, 0.1) is 0 Å². The quantitative estimate of drug-likeness (QED) is 0.678. The Hall–Kier alpha value is -0.480. The van der Waals surface area contributed by atoms with E-state index < -0.39 is 0 Å². The Bertz CT molecular complexity index is 457. The van der Waals surface area contributed by atoms with E-state index in [2.05, 4.69) is 42.9 Å². The summed E-state index contributed by atoms with van der Waals surface area (Å²) in [7, 11) is 9.06. The molecule has 1 aromatic rings. The van der Waals surface area contributed by atoms with Crippen molar-refractivity contribution in [2.24, 2.45) is 0 Å². The number of aromatic amines is 1. The van der Waals surface area contributed by atoms with Crippen molar-refractivity contribution in [2.45, 2.75) is 49.7 Å². The third-order valence-corrected chi connectivity index (χ3v) is 5.97. The van der Waals surface area contributed by atoms with Crippen molar-refractivity contribution < 1.29 is 4.74 Å². The Balaban J connectivity index is 1.90. The molecule has 23 heavy (non-hydrogen) atoms. The molecule has 1 aromatic heterocycles. The van der Waals surface area contributed by atoms with Crippen molar-refractivity contribution in [1.82, 2.24) is 20.4 Å². The number of ether oxygens (including phenoxy) is 1. The lowest BCUT2D eigenvalue weighted by Gasteiger charge is -2.37. The van der Waals surface area contributed by atoms with Gasteiger partial charge in [-0.2, -0.15) is 5.10 Å². The van der Waals surface area contributed by atoms with E-state index in [-0.39, 0.29) is 0 Å². The van der Waals surface area contributed by atoms with Gasteiger partial charge in [0.1, 0.15) is 0 Å². The Labute approximate surface area is 143 Å². The molecule has 0 radical (unpaired) electrons. The molecule has 0 aromatic carbocycles. The number of hydrogen-bond donors (Lipinski definition) is 2. The first-order chi connectivity index (χ1) is 11.1. The van der Waals surface area contributed by atoms with E-state index in [1.165, 1.54) is 36.9 Å². The second kappa shape index (κ2) is 9.12. The summed E-state index contributed by atoms with van der Waals surface area (Å²) in [5.41, 5.74) is 2.65. The van der Waals surface area contributed by atoms with E-state index >= 15 is 0 Å². The zero-order valence-electron chi connectivity index (χ0n) is 14.9. The zero-order valence-corrected chi connectivity index (χ0v) is 16.1. The van der Waals surface area contributed by atoms with Gasteiger partial charge in [-0.15, -0.1) is 9.24 Å². The van der Waals surface area contributed by atoms with Crippen LogP contribution in [0.2, 0.25) is 0 Å². The van der Waals surface area contributed by atoms with Gasteiger partial charge in [0, 0.05) is 51.0 Å². The van der Waals surface area contributed by atoms with Gasteiger partial charge in [0.2, 0.25) is 0 Å². The van der Waals surface area contributed by atoms with Crippen molar-refractivity contribution in [3.8, 4) is 0 Å². The molecule has 1 aliphatic rings. The molecule has 1 fully saturated rings. The fraction of sp³-hybridized carbons (Fsp3) is 0.824. The molecule has 1 saturated carbocycles. The summed E-state index contributed by atoms with van der Waals surface area (Å²) < 4.78 is 5.26. The van der Waals surface area contributed by atoms with Gasteiger partial charge in [-0.25, -0.2) is 0 Å². The lowest BCUT2D eigenvalue weighted by Crippen LogP contribution is -2.30. The first-order valence-electron chi connectivity index (χ1n) is 8.71. The molecule has 0 amide bonds. The van der Waals surface area contributed by atoms with Crippen molar-refractivity contribution in [3.63, 3.8) is 0 Å². The number of aromatic nitrogens is 2. The second-order valence-electron chi connectivity index (χ2n) is 7.02. The van der Waals surface area contributed by atoms with Crippen LogP contribution >= 0.6 is 9.24 Å². The largest absolute Gasteiger partial charge is 0.385 e. The van der Waals surface area contributed by atoms with Gasteiger partial charge < -0.3 is 15.0 Å². The first kappa shape index (κ1) is 18.9. The van der Waals surface area contributed by atoms with Gasteiger partial charge in [0.05, 0.1) is 5.69 Å². The van der Waals surface area contributed by atoms with Crippen LogP contribution in [0.3, 0.4) is 0 Å². The van der Waals surface area contributed by atoms with E-state index in [1.54, 1.807) is 7.11 Å². The van der Waals surface area contributed by atoms with Gasteiger partial charge in [-0.1, -0.05) is 0 Å². The van der Waals surface area contributed by atoms with Crippen molar-refractivity contribution >= 4 is 9.24 Å². The maximum Gasteiger partial charge on any atom is 0.0697 e. The van der Waals surface area contributed by atoms with Crippen LogP contribution in [-0.2, 0) is 11.3 Å². The van der Waals surface area contributed by atoms with Crippen LogP contribution in [0.5, 0.6) is 0 Å². The molecule has 5 nitrogen and oxygen atoms in total. The highest BCUT2D eigenvalue weighted by molar-refractivity contribution is 7.19. The second-order valence-corrected chi connectivity index (χ2v) is 8.24. The van der Waals surface area contributed by atoms with Crippen molar-refractivity contribution in [3.05, 3.63) is 17.5 Å². The first-order valence-corrected chi connectivity index (χ1v) is 9.29. The number of H-pyrrole nitrogens is 1. The standard InChI is InChI=1S/C17H33N4OP/c1-18-9-10-21(2)13-15-12-19-20-16(15)14-4-6-17(23,7-5-14)8-11-22-3/h12,14,18H,4-11,13,23H2,1-3H3,(H,19,20)/t14-,17+. The average Bonchev–Trinajstić information content (AvgIpc) is 3.00. The Morgan fingerprint density at radius 3 is 2.87 bits per heavy atom. The number of nitrogens with zero attached hydrogens (tertiary/aromatic N) is 2. The van der Waals surface area contributed by atoms with E-state index in [0.717, 1.165) is 32.7 Å². The maximum absolute atomic E-state index is 5.26. The normalized spacial score (nSPS) is 25.2. The van der Waals surface area contributed by atoms with Crippen LogP contribution in [0.25, 0.3) is 0 Å². The average molecular weight is 340 g/mol. The number of hydrogen-bond acceptors (Lipinski definition) is 4. The molecule has 1 atom stereocenters. The van der Waals surface area contributed by atoms with Crippen molar-refractivity contribution in [1.29, 1.82) is 0 Å². The lowest BCUT2D eigenvalue weighted by molar-refractivity contribution is 0.172. The fourth-order valence-corrected chi connectivity index (χ4v) is 3.95. The van der Waals surface area contributed by atoms with Crippen LogP contribution in [0.1, 0.15) is 49.3 Å². The summed E-state index contributed by atoms with van der Waals surface area (Å²) >= 11 is 0. The molecular weight excluding hydrogens is 307 g/mol. The molecule has 0 bridgehead atoms. The summed E-state index contributed by atoms with van der Waals surface area (Å²) in [5.74, 6) is 0.602. The molecule has 2 N–H and O–H groups in total. The highest BCUT2D eigenvalue weighted by Crippen LogP contribution is 2.44. The third-order valence-electron chi connectivity index (χ3n) is 5.11. The molecule has 2 rings (SSSR count). The highest BCUT2D eigenvalue weighted by atomic mass is 31.0. The number of nitrogens with one attached hydrogen (secondary N) is 2. The molecule has 0 spiro atoms. The summed E-state index contributed by atoms with van der Waals surface area (Å²) in [4.78, 5) is 2.35. The minimum absolute atomic E-state index is 0.368. The lowest BCUT2D eigenvalue weighted by atomic mass is 9.78. The minimum Gasteiger partial charge on any atom is -0.385 e. The number of rotatable bonds is 9. The van der Waals surface area contributed by atoms with Gasteiger partial charge in [-0.3, -0.25) is 5.10 Å². The third kappa shape index (κ3) is 5.53. The molecule has 6 heteroatoms. The topological polar surface area (TPSA) is 53.2 Å². The molecule has 1 unspecified atom stereocenters. The minimum atomic E-state index is 0.368. The SMILES string of the molecule is CNCCN(C)Cc1c[nH]nc1[C@H]1CC[C@](P)(CCOC)CC1. The Morgan fingerprint density at radius 1 is 1.48 bits per heavy atom. The van der Waals surface area contributed by atoms with E-state index in [9.17, 15) is 0 Å². The summed E-state index contributed by atoms with van der Waals surface area (Å²) in [6.45, 7) is 3.90. The van der Waals surface area contributed by atoms with Gasteiger partial charge in [0.25, 0.3) is 0 Å². The van der Waals surface area contributed by atoms with Crippen LogP contribution in [0.4, 0.5) is 0 Å². The smallest absolute Gasteiger partial charge is 0.0697 e. The molecule has 0 aliphatic heterocycles. The van der Waals surface area contributed by atoms with Gasteiger partial charge in [0.15, 0.2) is 0 Å². The predicted molar refractivity (Wildman–Crippen MR) is 99.0 cm³/mol. The molecule has 132 valence electrons. The monoisotopic (exact) mass is 340 g/mol. The zero-order chi connectivity index (χ0) is 16.7. The summed E-state index contributed by atoms with van der Waals surface area (Å²) in [6, 6.07) is 0. The van der Waals surface area contributed by atoms with Crippen LogP contribution in [0.15, 0.2) is 6.20 Å². The van der Waals surface area contributed by atoms with E-state index in [1.807, 2.05) is 7.05 Å². The van der Waals surface area contributed by atoms with Crippen molar-refractivity contribution in [2.75, 3.05) is 40.9 Å². The van der Waals surface area contributed by atoms with E-state index in [0.29, 0.717) is 11.1 Å². The molecular formula is C17H33N4OP. The Kier molecular flexibility index (Phi) is 7.48. The Morgan fingerprint density at radius 2 is 2.22 bits per heavy atom. The van der Waals surface area contributed by atoms with Gasteiger partial charge >= 0.3 is 0 Å². The molecule has 0 saturated heterocycles. The number of likely N-dealkylation sites (N-methyl/N-ethyl adjacent to an activating group) is 2. The molecule has 1 aliphatic carbocycles. The van der Waals surface area contributed by atoms with Crippen LogP contribution in [-0.4, -0.2) is 61.2 Å². The van der Waals surface area contributed by atoms with Gasteiger partial charge in [-0.05, 0) is 51.4 Å². The summed E-state index contributed by atoms with van der Waals surface area (Å²) in [5, 5.41) is 11.3.